The van der Waals surface area contributed by atoms with Gasteiger partial charge in [-0.2, -0.15) is 13.2 Å². The van der Waals surface area contributed by atoms with Crippen molar-refractivity contribution >= 4 is 5.91 Å². The molecule has 0 aliphatic rings. The van der Waals surface area contributed by atoms with Gasteiger partial charge >= 0.3 is 6.18 Å². The molecule has 6 heteroatoms. The molecule has 0 saturated heterocycles. The van der Waals surface area contributed by atoms with Crippen molar-refractivity contribution in [3.8, 4) is 0 Å². The lowest BCUT2D eigenvalue weighted by molar-refractivity contribution is -0.145. The summed E-state index contributed by atoms with van der Waals surface area (Å²) in [4.78, 5) is 11.1. The fraction of sp³-hybridized carbons (Fsp3) is 0.889. The van der Waals surface area contributed by atoms with Crippen molar-refractivity contribution in [2.75, 3.05) is 0 Å². The molecule has 0 bridgehead atoms. The first kappa shape index (κ1) is 14.2. The molecule has 1 atom stereocenters. The maximum absolute atomic E-state index is 11.8. The fourth-order valence-corrected chi connectivity index (χ4v) is 0.782. The molecule has 0 aromatic carbocycles. The van der Waals surface area contributed by atoms with Crippen molar-refractivity contribution in [2.24, 2.45) is 0 Å². The Bertz CT molecular complexity index is 224. The molecular formula is C9H16F3NO2. The topological polar surface area (TPSA) is 49.3 Å². The molecule has 0 heterocycles. The first-order valence-electron chi connectivity index (χ1n) is 4.60. The summed E-state index contributed by atoms with van der Waals surface area (Å²) in [7, 11) is 0. The molecule has 0 fully saturated rings. The second-order valence-electron chi connectivity index (χ2n) is 4.06. The van der Waals surface area contributed by atoms with Crippen LogP contribution in [0.2, 0.25) is 0 Å². The minimum absolute atomic E-state index is 0.611. The van der Waals surface area contributed by atoms with Gasteiger partial charge in [0.2, 0.25) is 5.91 Å². The summed E-state index contributed by atoms with van der Waals surface area (Å²) in [5.41, 5.74) is -0.914. The van der Waals surface area contributed by atoms with Gasteiger partial charge in [-0.1, -0.05) is 0 Å². The van der Waals surface area contributed by atoms with Gasteiger partial charge in [0.25, 0.3) is 0 Å². The standard InChI is InChI=1S/C9H16F3NO2/c1-6(14)8(2,3)13-7(15)4-5-9(10,11)12/h6,14H,4-5H2,1-3H3,(H,13,15). The van der Waals surface area contributed by atoms with Crippen molar-refractivity contribution in [3.63, 3.8) is 0 Å². The van der Waals surface area contributed by atoms with E-state index in [0.29, 0.717) is 0 Å². The number of carbonyl (C=O) groups excluding carboxylic acids is 1. The number of aliphatic hydroxyl groups is 1. The minimum atomic E-state index is -4.33. The molecule has 1 amide bonds. The molecule has 0 saturated carbocycles. The van der Waals surface area contributed by atoms with E-state index in [-0.39, 0.29) is 0 Å². The third-order valence-corrected chi connectivity index (χ3v) is 2.14. The van der Waals surface area contributed by atoms with Crippen LogP contribution in [0.25, 0.3) is 0 Å². The maximum Gasteiger partial charge on any atom is 0.389 e. The normalized spacial score (nSPS) is 14.9. The SMILES string of the molecule is CC(O)C(C)(C)NC(=O)CCC(F)(F)F. The van der Waals surface area contributed by atoms with Gasteiger partial charge in [-0.3, -0.25) is 4.79 Å². The molecule has 0 aromatic heterocycles. The van der Waals surface area contributed by atoms with E-state index in [9.17, 15) is 23.1 Å². The lowest BCUT2D eigenvalue weighted by atomic mass is 9.98. The molecule has 0 rings (SSSR count). The zero-order chi connectivity index (χ0) is 12.3. The number of hydrogen-bond donors (Lipinski definition) is 2. The average molecular weight is 227 g/mol. The second-order valence-corrected chi connectivity index (χ2v) is 4.06. The number of rotatable bonds is 4. The summed E-state index contributed by atoms with van der Waals surface area (Å²) in [5, 5.41) is 11.6. The van der Waals surface area contributed by atoms with Crippen LogP contribution in [0.1, 0.15) is 33.6 Å². The zero-order valence-corrected chi connectivity index (χ0v) is 8.98. The predicted molar refractivity (Wildman–Crippen MR) is 49.2 cm³/mol. The Morgan fingerprint density at radius 1 is 1.40 bits per heavy atom. The highest BCUT2D eigenvalue weighted by Crippen LogP contribution is 2.21. The van der Waals surface area contributed by atoms with Crippen molar-refractivity contribution in [1.82, 2.24) is 5.32 Å². The van der Waals surface area contributed by atoms with Gasteiger partial charge in [0.1, 0.15) is 0 Å². The Morgan fingerprint density at radius 2 is 1.87 bits per heavy atom. The van der Waals surface area contributed by atoms with Gasteiger partial charge in [-0.15, -0.1) is 0 Å². The fourth-order valence-electron chi connectivity index (χ4n) is 0.782. The molecule has 90 valence electrons. The maximum atomic E-state index is 11.8. The number of carbonyl (C=O) groups is 1. The molecule has 0 aliphatic carbocycles. The van der Waals surface area contributed by atoms with Crippen LogP contribution in [0.5, 0.6) is 0 Å². The third-order valence-electron chi connectivity index (χ3n) is 2.14. The van der Waals surface area contributed by atoms with Crippen molar-refractivity contribution in [2.45, 2.75) is 51.4 Å². The van der Waals surface area contributed by atoms with Crippen molar-refractivity contribution < 1.29 is 23.1 Å². The Morgan fingerprint density at radius 3 is 2.20 bits per heavy atom. The van der Waals surface area contributed by atoms with Gasteiger partial charge in [0, 0.05) is 6.42 Å². The van der Waals surface area contributed by atoms with Crippen molar-refractivity contribution in [3.05, 3.63) is 0 Å². The van der Waals surface area contributed by atoms with Crippen LogP contribution in [-0.4, -0.2) is 28.8 Å². The molecular weight excluding hydrogens is 211 g/mol. The largest absolute Gasteiger partial charge is 0.391 e. The number of halogens is 3. The van der Waals surface area contributed by atoms with Crippen LogP contribution in [0.15, 0.2) is 0 Å². The van der Waals surface area contributed by atoms with E-state index in [1.165, 1.54) is 6.92 Å². The van der Waals surface area contributed by atoms with Crippen LogP contribution in [0.4, 0.5) is 13.2 Å². The highest BCUT2D eigenvalue weighted by molar-refractivity contribution is 5.76. The quantitative estimate of drug-likeness (QED) is 0.766. The predicted octanol–water partition coefficient (Wildman–Crippen LogP) is 1.60. The number of aliphatic hydroxyl groups excluding tert-OH is 1. The summed E-state index contributed by atoms with van der Waals surface area (Å²) in [6, 6.07) is 0. The summed E-state index contributed by atoms with van der Waals surface area (Å²) in [6.07, 6.45) is -6.91. The molecule has 0 radical (unpaired) electrons. The molecule has 0 aromatic rings. The molecule has 3 nitrogen and oxygen atoms in total. The van der Waals surface area contributed by atoms with Crippen LogP contribution in [0.3, 0.4) is 0 Å². The first-order chi connectivity index (χ1) is 6.54. The molecule has 0 aliphatic heterocycles. The third kappa shape index (κ3) is 6.33. The molecule has 15 heavy (non-hydrogen) atoms. The Hall–Kier alpha value is -0.780. The van der Waals surface area contributed by atoms with Gasteiger partial charge in [0.15, 0.2) is 0 Å². The lowest BCUT2D eigenvalue weighted by Crippen LogP contribution is -2.51. The Kier molecular flexibility index (Phi) is 4.58. The van der Waals surface area contributed by atoms with E-state index in [0.717, 1.165) is 0 Å². The number of nitrogens with one attached hydrogen (secondary N) is 1. The minimum Gasteiger partial charge on any atom is -0.391 e. The Balaban J connectivity index is 4.05. The molecule has 0 spiro atoms. The van der Waals surface area contributed by atoms with Crippen molar-refractivity contribution in [1.29, 1.82) is 0 Å². The lowest BCUT2D eigenvalue weighted by Gasteiger charge is -2.29. The average Bonchev–Trinajstić information content (AvgIpc) is 1.98. The van der Waals surface area contributed by atoms with Crippen LogP contribution >= 0.6 is 0 Å². The summed E-state index contributed by atoms with van der Waals surface area (Å²) in [5.74, 6) is -0.710. The van der Waals surface area contributed by atoms with Gasteiger partial charge < -0.3 is 10.4 Å². The van der Waals surface area contributed by atoms with Gasteiger partial charge in [-0.05, 0) is 20.8 Å². The van der Waals surface area contributed by atoms with Crippen LogP contribution in [0, 0.1) is 0 Å². The molecule has 1 unspecified atom stereocenters. The summed E-state index contributed by atoms with van der Waals surface area (Å²) in [6.45, 7) is 4.55. The van der Waals surface area contributed by atoms with E-state index < -0.39 is 36.6 Å². The van der Waals surface area contributed by atoms with E-state index >= 15 is 0 Å². The summed E-state index contributed by atoms with van der Waals surface area (Å²) >= 11 is 0. The van der Waals surface area contributed by atoms with Gasteiger partial charge in [0.05, 0.1) is 18.1 Å². The molecule has 2 N–H and O–H groups in total. The number of hydrogen-bond acceptors (Lipinski definition) is 2. The monoisotopic (exact) mass is 227 g/mol. The highest BCUT2D eigenvalue weighted by atomic mass is 19.4. The van der Waals surface area contributed by atoms with E-state index in [4.69, 9.17) is 0 Å². The highest BCUT2D eigenvalue weighted by Gasteiger charge is 2.30. The number of amides is 1. The zero-order valence-electron chi connectivity index (χ0n) is 8.98. The summed E-state index contributed by atoms with van der Waals surface area (Å²) < 4.78 is 35.3. The van der Waals surface area contributed by atoms with E-state index in [1.807, 2.05) is 0 Å². The second kappa shape index (κ2) is 4.83. The van der Waals surface area contributed by atoms with Crippen LogP contribution < -0.4 is 5.32 Å². The smallest absolute Gasteiger partial charge is 0.389 e. The van der Waals surface area contributed by atoms with E-state index in [2.05, 4.69) is 5.32 Å². The Labute approximate surface area is 86.7 Å². The van der Waals surface area contributed by atoms with E-state index in [1.54, 1.807) is 13.8 Å². The number of alkyl halides is 3. The van der Waals surface area contributed by atoms with Crippen LogP contribution in [-0.2, 0) is 4.79 Å². The van der Waals surface area contributed by atoms with Gasteiger partial charge in [-0.25, -0.2) is 0 Å². The first-order valence-corrected chi connectivity index (χ1v) is 4.60.